The lowest BCUT2D eigenvalue weighted by molar-refractivity contribution is 0.159. The molecule has 0 aliphatic heterocycles. The van der Waals surface area contributed by atoms with Gasteiger partial charge in [0.15, 0.2) is 0 Å². The summed E-state index contributed by atoms with van der Waals surface area (Å²) in [6, 6.07) is 0. The van der Waals surface area contributed by atoms with Crippen molar-refractivity contribution in [1.29, 1.82) is 0 Å². The van der Waals surface area contributed by atoms with Crippen molar-refractivity contribution < 1.29 is 15.3 Å². The first kappa shape index (κ1) is 50.9. The number of aliphatic hydroxyl groups is 3. The fourth-order valence-corrected chi connectivity index (χ4v) is 2.61. The average molecular weight is 559 g/mol. The summed E-state index contributed by atoms with van der Waals surface area (Å²) in [4.78, 5) is 0. The summed E-state index contributed by atoms with van der Waals surface area (Å²) >= 11 is 0. The first-order valence-electron chi connectivity index (χ1n) is 16.7. The molecule has 0 saturated carbocycles. The van der Waals surface area contributed by atoms with Crippen molar-refractivity contribution in [3.05, 3.63) is 36.5 Å². The normalized spacial score (nSPS) is 12.4. The summed E-state index contributed by atoms with van der Waals surface area (Å²) in [7, 11) is 0. The van der Waals surface area contributed by atoms with Crippen LogP contribution in [0.4, 0.5) is 0 Å². The maximum atomic E-state index is 8.86. The number of hydrogen-bond donors (Lipinski definition) is 3. The third-order valence-corrected chi connectivity index (χ3v) is 5.19. The third-order valence-electron chi connectivity index (χ3n) is 5.19. The second-order valence-corrected chi connectivity index (χ2v) is 9.42. The molecule has 0 aliphatic rings. The third kappa shape index (κ3) is 85.7. The van der Waals surface area contributed by atoms with Crippen LogP contribution in [0.1, 0.15) is 179 Å². The predicted molar refractivity (Wildman–Crippen MR) is 183 cm³/mol. The maximum Gasteiger partial charge on any atom is 0.0537 e. The van der Waals surface area contributed by atoms with E-state index in [0.717, 1.165) is 57.8 Å². The monoisotopic (exact) mass is 559 g/mol. The second-order valence-electron chi connectivity index (χ2n) is 9.42. The topological polar surface area (TPSA) is 60.7 Å². The minimum atomic E-state index is -0.0509. The van der Waals surface area contributed by atoms with Crippen molar-refractivity contribution >= 4 is 0 Å². The van der Waals surface area contributed by atoms with Gasteiger partial charge in [-0.1, -0.05) is 139 Å². The summed E-state index contributed by atoms with van der Waals surface area (Å²) < 4.78 is 0. The average Bonchev–Trinajstić information content (AvgIpc) is 2.95. The molecule has 3 nitrogen and oxygen atoms in total. The molecule has 3 atom stereocenters. The van der Waals surface area contributed by atoms with Gasteiger partial charge < -0.3 is 15.3 Å². The Hall–Kier alpha value is -0.900. The van der Waals surface area contributed by atoms with Gasteiger partial charge in [0.1, 0.15) is 0 Å². The highest BCUT2D eigenvalue weighted by atomic mass is 16.3. The standard InChI is InChI=1S/3C6H14O.3C6H12/c3*1-3-5-6(7)4-2;3*1-3-5-6-4-2/h3*6-7H,3-5H2,1-2H3;3*5-6H,3-4H2,1-2H3. The zero-order chi connectivity index (χ0) is 31.6. The van der Waals surface area contributed by atoms with E-state index < -0.39 is 0 Å². The molecule has 0 aromatic heterocycles. The molecular weight excluding hydrogens is 480 g/mol. The van der Waals surface area contributed by atoms with Crippen molar-refractivity contribution in [3.63, 3.8) is 0 Å². The predicted octanol–water partition coefficient (Wildman–Crippen LogP) is 11.8. The zero-order valence-electron chi connectivity index (χ0n) is 29.1. The molecule has 0 heterocycles. The van der Waals surface area contributed by atoms with Crippen LogP contribution in [0, 0.1) is 0 Å². The first-order chi connectivity index (χ1) is 18.7. The van der Waals surface area contributed by atoms with E-state index in [0.29, 0.717) is 0 Å². The van der Waals surface area contributed by atoms with Gasteiger partial charge in [0.25, 0.3) is 0 Å². The highest BCUT2D eigenvalue weighted by molar-refractivity contribution is 4.78. The Morgan fingerprint density at radius 3 is 0.538 bits per heavy atom. The quantitative estimate of drug-likeness (QED) is 0.175. The molecular formula is C36H78O3. The molecule has 0 radical (unpaired) electrons. The van der Waals surface area contributed by atoms with Gasteiger partial charge in [-0.25, -0.2) is 0 Å². The van der Waals surface area contributed by atoms with Gasteiger partial charge in [-0.3, -0.25) is 0 Å². The fraction of sp³-hybridized carbons (Fsp3) is 0.833. The lowest BCUT2D eigenvalue weighted by Crippen LogP contribution is -2.01. The van der Waals surface area contributed by atoms with E-state index in [-0.39, 0.29) is 18.3 Å². The number of allylic oxidation sites excluding steroid dienone is 6. The SMILES string of the molecule is CCC=CCC.CCC=CCC.CCC=CCC.CCCC(O)CC.CCCC(O)CC.CCCC(O)CC. The molecule has 3 unspecified atom stereocenters. The Morgan fingerprint density at radius 1 is 0.333 bits per heavy atom. The first-order valence-corrected chi connectivity index (χ1v) is 16.7. The lowest BCUT2D eigenvalue weighted by atomic mass is 10.2. The molecule has 39 heavy (non-hydrogen) atoms. The van der Waals surface area contributed by atoms with Crippen LogP contribution in [0.2, 0.25) is 0 Å². The Bertz CT molecular complexity index is 336. The van der Waals surface area contributed by atoms with E-state index in [1.54, 1.807) is 0 Å². The molecule has 0 aliphatic carbocycles. The number of rotatable bonds is 15. The molecule has 0 fully saturated rings. The van der Waals surface area contributed by atoms with Crippen LogP contribution in [0.15, 0.2) is 36.5 Å². The summed E-state index contributed by atoms with van der Waals surface area (Å²) in [5.41, 5.74) is 0. The molecule has 3 heteroatoms. The van der Waals surface area contributed by atoms with Crippen LogP contribution in [-0.4, -0.2) is 33.6 Å². The Balaban J connectivity index is -0.0000000839. The van der Waals surface area contributed by atoms with Gasteiger partial charge in [-0.05, 0) is 77.0 Å². The highest BCUT2D eigenvalue weighted by Crippen LogP contribution is 1.99. The van der Waals surface area contributed by atoms with Crippen LogP contribution in [-0.2, 0) is 0 Å². The lowest BCUT2D eigenvalue weighted by Gasteiger charge is -2.01. The summed E-state index contributed by atoms with van der Waals surface area (Å²) in [5, 5.41) is 26.6. The number of hydrogen-bond acceptors (Lipinski definition) is 3. The van der Waals surface area contributed by atoms with Gasteiger partial charge >= 0.3 is 0 Å². The Kier molecular flexibility index (Phi) is 74.5. The largest absolute Gasteiger partial charge is 0.393 e. The molecule has 240 valence electrons. The van der Waals surface area contributed by atoms with E-state index in [1.807, 2.05) is 20.8 Å². The molecule has 0 aromatic carbocycles. The Morgan fingerprint density at radius 2 is 0.487 bits per heavy atom. The van der Waals surface area contributed by atoms with Gasteiger partial charge in [-0.2, -0.15) is 0 Å². The smallest absolute Gasteiger partial charge is 0.0537 e. The van der Waals surface area contributed by atoms with E-state index >= 15 is 0 Å². The van der Waals surface area contributed by atoms with Gasteiger partial charge in [0.05, 0.1) is 18.3 Å². The molecule has 0 rings (SSSR count). The van der Waals surface area contributed by atoms with Crippen molar-refractivity contribution in [3.8, 4) is 0 Å². The summed E-state index contributed by atoms with van der Waals surface area (Å²) in [6.07, 6.45) is 28.8. The molecule has 3 N–H and O–H groups in total. The highest BCUT2D eigenvalue weighted by Gasteiger charge is 1.95. The molecule has 0 bridgehead atoms. The Labute approximate surface area is 249 Å². The molecule has 0 saturated heterocycles. The minimum Gasteiger partial charge on any atom is -0.393 e. The van der Waals surface area contributed by atoms with Crippen LogP contribution >= 0.6 is 0 Å². The number of aliphatic hydroxyl groups excluding tert-OH is 3. The van der Waals surface area contributed by atoms with Gasteiger partial charge in [-0.15, -0.1) is 0 Å². The second kappa shape index (κ2) is 57.1. The van der Waals surface area contributed by atoms with Gasteiger partial charge in [0.2, 0.25) is 0 Å². The van der Waals surface area contributed by atoms with Gasteiger partial charge in [0, 0.05) is 0 Å². The van der Waals surface area contributed by atoms with Crippen LogP contribution in [0.3, 0.4) is 0 Å². The minimum absolute atomic E-state index is 0.0509. The van der Waals surface area contributed by atoms with Crippen molar-refractivity contribution in [2.75, 3.05) is 0 Å². The molecule has 0 amide bonds. The van der Waals surface area contributed by atoms with E-state index in [1.165, 1.54) is 38.5 Å². The van der Waals surface area contributed by atoms with Crippen LogP contribution < -0.4 is 0 Å². The van der Waals surface area contributed by atoms with E-state index in [4.69, 9.17) is 15.3 Å². The summed E-state index contributed by atoms with van der Waals surface area (Å²) in [6.45, 7) is 25.1. The van der Waals surface area contributed by atoms with Crippen molar-refractivity contribution in [2.45, 2.75) is 198 Å². The maximum absolute atomic E-state index is 8.86. The molecule has 0 aromatic rings. The summed E-state index contributed by atoms with van der Waals surface area (Å²) in [5.74, 6) is 0. The van der Waals surface area contributed by atoms with E-state index in [9.17, 15) is 0 Å². The van der Waals surface area contributed by atoms with Crippen molar-refractivity contribution in [1.82, 2.24) is 0 Å². The molecule has 0 spiro atoms. The van der Waals surface area contributed by atoms with E-state index in [2.05, 4.69) is 98.8 Å². The zero-order valence-corrected chi connectivity index (χ0v) is 29.1. The van der Waals surface area contributed by atoms with Crippen LogP contribution in [0.25, 0.3) is 0 Å². The fourth-order valence-electron chi connectivity index (χ4n) is 2.61. The van der Waals surface area contributed by atoms with Crippen LogP contribution in [0.5, 0.6) is 0 Å². The van der Waals surface area contributed by atoms with Crippen molar-refractivity contribution in [2.24, 2.45) is 0 Å².